The Hall–Kier alpha value is -2.23. The topological polar surface area (TPSA) is 85.3 Å². The van der Waals surface area contributed by atoms with Gasteiger partial charge >= 0.3 is 0 Å². The molecule has 10 heteroatoms. The highest BCUT2D eigenvalue weighted by molar-refractivity contribution is 8.16. The summed E-state index contributed by atoms with van der Waals surface area (Å²) < 4.78 is 35.4. The Morgan fingerprint density at radius 2 is 1.84 bits per heavy atom. The number of anilines is 1. The highest BCUT2D eigenvalue weighted by Crippen LogP contribution is 2.46. The maximum atomic E-state index is 12.8. The molecule has 2 fully saturated rings. The molecular formula is C22H23ClN2O5S2. The minimum Gasteiger partial charge on any atom is -0.495 e. The smallest absolute Gasteiger partial charge is 0.252 e. The normalized spacial score (nSPS) is 22.8. The van der Waals surface area contributed by atoms with Crippen molar-refractivity contribution in [3.05, 3.63) is 52.5 Å². The van der Waals surface area contributed by atoms with Gasteiger partial charge in [-0.1, -0.05) is 53.2 Å². The van der Waals surface area contributed by atoms with E-state index in [1.165, 1.54) is 26.0 Å². The summed E-state index contributed by atoms with van der Waals surface area (Å²) >= 11 is 7.68. The molecule has 4 rings (SSSR count). The van der Waals surface area contributed by atoms with Gasteiger partial charge in [0.1, 0.15) is 11.5 Å². The van der Waals surface area contributed by atoms with E-state index in [1.807, 2.05) is 31.2 Å². The molecule has 32 heavy (non-hydrogen) atoms. The Balaban J connectivity index is 1.72. The van der Waals surface area contributed by atoms with Crippen molar-refractivity contribution >= 4 is 50.0 Å². The van der Waals surface area contributed by atoms with E-state index < -0.39 is 9.84 Å². The van der Waals surface area contributed by atoms with Crippen molar-refractivity contribution in [2.45, 2.75) is 24.6 Å². The first-order valence-electron chi connectivity index (χ1n) is 9.95. The number of hydrogen-bond acceptors (Lipinski definition) is 6. The number of halogens is 1. The Labute approximate surface area is 196 Å². The van der Waals surface area contributed by atoms with Gasteiger partial charge in [-0.2, -0.15) is 4.99 Å². The lowest BCUT2D eigenvalue weighted by molar-refractivity contribution is -0.117. The van der Waals surface area contributed by atoms with Gasteiger partial charge in [-0.25, -0.2) is 8.42 Å². The van der Waals surface area contributed by atoms with Gasteiger partial charge in [-0.15, -0.1) is 0 Å². The molecule has 170 valence electrons. The predicted molar refractivity (Wildman–Crippen MR) is 128 cm³/mol. The number of carbonyl (C=O) groups excluding carboxylic acids is 1. The number of methoxy groups -OCH3 is 2. The van der Waals surface area contributed by atoms with Crippen LogP contribution in [-0.2, 0) is 21.1 Å². The number of fused-ring (bicyclic) bond motifs is 1. The molecule has 0 aliphatic carbocycles. The second-order valence-corrected chi connectivity index (χ2v) is 11.5. The highest BCUT2D eigenvalue weighted by atomic mass is 35.5. The van der Waals surface area contributed by atoms with Crippen LogP contribution in [0.15, 0.2) is 41.4 Å². The van der Waals surface area contributed by atoms with E-state index in [9.17, 15) is 13.2 Å². The van der Waals surface area contributed by atoms with Gasteiger partial charge in [-0.05, 0) is 18.6 Å². The summed E-state index contributed by atoms with van der Waals surface area (Å²) in [4.78, 5) is 18.9. The van der Waals surface area contributed by atoms with Crippen LogP contribution in [0.25, 0.3) is 0 Å². The number of carbonyl (C=O) groups is 1. The second-order valence-electron chi connectivity index (χ2n) is 7.78. The average molecular weight is 495 g/mol. The largest absolute Gasteiger partial charge is 0.495 e. The zero-order chi connectivity index (χ0) is 23.0. The van der Waals surface area contributed by atoms with Gasteiger partial charge in [0.05, 0.1) is 48.9 Å². The SMILES string of the molecule is COc1cc(OC)c(N2C(=NC(=O)Cc3ccc(C)cc3)S[C@@H]3CS(=O)(=O)C[C@H]32)cc1Cl. The third-order valence-electron chi connectivity index (χ3n) is 5.48. The molecular weight excluding hydrogens is 472 g/mol. The number of sulfone groups is 1. The van der Waals surface area contributed by atoms with Crippen molar-refractivity contribution in [2.24, 2.45) is 4.99 Å². The van der Waals surface area contributed by atoms with Crippen LogP contribution in [0.3, 0.4) is 0 Å². The number of nitrogens with zero attached hydrogens (tertiary/aromatic N) is 2. The Morgan fingerprint density at radius 1 is 1.16 bits per heavy atom. The zero-order valence-electron chi connectivity index (χ0n) is 17.9. The van der Waals surface area contributed by atoms with Crippen LogP contribution in [0.2, 0.25) is 5.02 Å². The van der Waals surface area contributed by atoms with Gasteiger partial charge in [-0.3, -0.25) is 4.79 Å². The quantitative estimate of drug-likeness (QED) is 0.628. The van der Waals surface area contributed by atoms with Crippen LogP contribution in [-0.4, -0.2) is 56.5 Å². The summed E-state index contributed by atoms with van der Waals surface area (Å²) in [5.74, 6) is 0.598. The van der Waals surface area contributed by atoms with Crippen molar-refractivity contribution in [2.75, 3.05) is 30.6 Å². The third kappa shape index (κ3) is 4.60. The molecule has 2 aromatic rings. The van der Waals surface area contributed by atoms with Crippen LogP contribution < -0.4 is 14.4 Å². The standard InChI is InChI=1S/C22H23ClN2O5S2/c1-13-4-6-14(7-5-13)8-21(26)24-22-25(17-11-32(27,28)12-20(17)31-22)16-9-15(23)18(29-2)10-19(16)30-3/h4-7,9-10,17,20H,8,11-12H2,1-3H3/t17-,20-/m1/s1. The van der Waals surface area contributed by atoms with E-state index in [2.05, 4.69) is 4.99 Å². The van der Waals surface area contributed by atoms with Gasteiger partial charge in [0.2, 0.25) is 0 Å². The van der Waals surface area contributed by atoms with Crippen molar-refractivity contribution in [1.82, 2.24) is 0 Å². The molecule has 2 aromatic carbocycles. The maximum absolute atomic E-state index is 12.8. The van der Waals surface area contributed by atoms with Crippen LogP contribution in [0.4, 0.5) is 5.69 Å². The molecule has 1 amide bonds. The molecule has 0 bridgehead atoms. The average Bonchev–Trinajstić information content (AvgIpc) is 3.20. The molecule has 2 aliphatic rings. The minimum absolute atomic E-state index is 0.0252. The number of benzene rings is 2. The van der Waals surface area contributed by atoms with Crippen molar-refractivity contribution in [3.8, 4) is 11.5 Å². The lowest BCUT2D eigenvalue weighted by atomic mass is 10.1. The van der Waals surface area contributed by atoms with Gasteiger partial charge in [0, 0.05) is 11.3 Å². The molecule has 2 saturated heterocycles. The number of aryl methyl sites for hydroxylation is 1. The Kier molecular flexibility index (Phi) is 6.42. The van der Waals surface area contributed by atoms with Crippen LogP contribution in [0, 0.1) is 6.92 Å². The molecule has 2 aliphatic heterocycles. The number of amides is 1. The summed E-state index contributed by atoms with van der Waals surface area (Å²) in [6.45, 7) is 1.99. The van der Waals surface area contributed by atoms with Gasteiger partial charge in [0.15, 0.2) is 15.0 Å². The molecule has 2 heterocycles. The van der Waals surface area contributed by atoms with E-state index >= 15 is 0 Å². The van der Waals surface area contributed by atoms with E-state index in [-0.39, 0.29) is 35.1 Å². The highest BCUT2D eigenvalue weighted by Gasteiger charge is 2.50. The summed E-state index contributed by atoms with van der Waals surface area (Å²) in [5, 5.41) is 0.575. The second kappa shape index (κ2) is 8.96. The fourth-order valence-electron chi connectivity index (χ4n) is 3.91. The van der Waals surface area contributed by atoms with E-state index in [1.54, 1.807) is 17.0 Å². The summed E-state index contributed by atoms with van der Waals surface area (Å²) in [5.41, 5.74) is 2.53. The first kappa shape index (κ1) is 22.9. The molecule has 0 radical (unpaired) electrons. The molecule has 7 nitrogen and oxygen atoms in total. The van der Waals surface area contributed by atoms with Gasteiger partial charge in [0.25, 0.3) is 5.91 Å². The molecule has 0 saturated carbocycles. The number of aliphatic imine (C=N–C) groups is 1. The Bertz CT molecular complexity index is 1180. The van der Waals surface area contributed by atoms with Crippen LogP contribution in [0.1, 0.15) is 11.1 Å². The van der Waals surface area contributed by atoms with Gasteiger partial charge < -0.3 is 14.4 Å². The first-order valence-corrected chi connectivity index (χ1v) is 13.0. The van der Waals surface area contributed by atoms with E-state index in [0.29, 0.717) is 27.4 Å². The fraction of sp³-hybridized carbons (Fsp3) is 0.364. The van der Waals surface area contributed by atoms with E-state index in [0.717, 1.165) is 11.1 Å². The lowest BCUT2D eigenvalue weighted by Gasteiger charge is -2.26. The molecule has 0 aromatic heterocycles. The summed E-state index contributed by atoms with van der Waals surface area (Å²) in [7, 11) is -0.181. The van der Waals surface area contributed by atoms with Crippen molar-refractivity contribution in [1.29, 1.82) is 0 Å². The number of hydrogen-bond donors (Lipinski definition) is 0. The molecule has 0 N–H and O–H groups in total. The van der Waals surface area contributed by atoms with Crippen molar-refractivity contribution < 1.29 is 22.7 Å². The van der Waals surface area contributed by atoms with E-state index in [4.69, 9.17) is 21.1 Å². The number of rotatable bonds is 5. The maximum Gasteiger partial charge on any atom is 0.252 e. The zero-order valence-corrected chi connectivity index (χ0v) is 20.3. The first-order chi connectivity index (χ1) is 15.2. The minimum atomic E-state index is -3.19. The Morgan fingerprint density at radius 3 is 2.50 bits per heavy atom. The molecule has 0 unspecified atom stereocenters. The number of ether oxygens (including phenoxy) is 2. The number of thioether (sulfide) groups is 1. The predicted octanol–water partition coefficient (Wildman–Crippen LogP) is 3.51. The lowest BCUT2D eigenvalue weighted by Crippen LogP contribution is -2.38. The molecule has 0 spiro atoms. The summed E-state index contributed by atoms with van der Waals surface area (Å²) in [6, 6.07) is 10.6. The van der Waals surface area contributed by atoms with Crippen LogP contribution >= 0.6 is 23.4 Å². The third-order valence-corrected chi connectivity index (χ3v) is 8.98. The molecule has 2 atom stereocenters. The van der Waals surface area contributed by atoms with Crippen LogP contribution in [0.5, 0.6) is 11.5 Å². The monoisotopic (exact) mass is 494 g/mol. The fourth-order valence-corrected chi connectivity index (χ4v) is 8.06. The summed E-state index contributed by atoms with van der Waals surface area (Å²) in [6.07, 6.45) is 0.159. The van der Waals surface area contributed by atoms with Crippen molar-refractivity contribution in [3.63, 3.8) is 0 Å². The number of amidine groups is 1.